The van der Waals surface area contributed by atoms with Crippen molar-refractivity contribution >= 4 is 33.8 Å². The molecule has 0 saturated heterocycles. The monoisotopic (exact) mass is 585 g/mol. The van der Waals surface area contributed by atoms with Gasteiger partial charge in [-0.05, 0) is 42.0 Å². The highest BCUT2D eigenvalue weighted by Crippen LogP contribution is 2.40. The molecule has 13 nitrogen and oxygen atoms in total. The lowest BCUT2D eigenvalue weighted by atomic mass is 10.1. The molecule has 5 rings (SSSR count). The molecular weight excluding hydrogens is 562 g/mol. The minimum atomic E-state index is -1.32. The average Bonchev–Trinajstić information content (AvgIpc) is 3.67. The highest BCUT2D eigenvalue weighted by molar-refractivity contribution is 7.19. The Kier molecular flexibility index (Phi) is 8.27. The number of aromatic nitrogens is 4. The van der Waals surface area contributed by atoms with E-state index in [2.05, 4.69) is 20.8 Å². The Morgan fingerprint density at radius 1 is 1.12 bits per heavy atom. The summed E-state index contributed by atoms with van der Waals surface area (Å²) in [5.74, 6) is -0.650. The zero-order valence-corrected chi connectivity index (χ0v) is 22.9. The summed E-state index contributed by atoms with van der Waals surface area (Å²) in [4.78, 5) is 28.3. The summed E-state index contributed by atoms with van der Waals surface area (Å²) in [5, 5.41) is 42.9. The van der Waals surface area contributed by atoms with Gasteiger partial charge in [0, 0.05) is 23.6 Å². The smallest absolute Gasteiger partial charge is 0.352 e. The number of aliphatic carboxylic acids is 1. The largest absolute Gasteiger partial charge is 0.497 e. The van der Waals surface area contributed by atoms with Crippen LogP contribution in [-0.4, -0.2) is 53.9 Å². The topological polar surface area (TPSA) is 178 Å². The van der Waals surface area contributed by atoms with Gasteiger partial charge in [0.2, 0.25) is 5.13 Å². The van der Waals surface area contributed by atoms with Gasteiger partial charge in [-0.3, -0.25) is 15.5 Å². The number of nitro benzene ring substituents is 1. The van der Waals surface area contributed by atoms with E-state index in [9.17, 15) is 25.1 Å². The van der Waals surface area contributed by atoms with E-state index in [0.29, 0.717) is 28.0 Å². The summed E-state index contributed by atoms with van der Waals surface area (Å²) < 4.78 is 6.83. The third-order valence-corrected chi connectivity index (χ3v) is 7.16. The fraction of sp³-hybridized carbons (Fsp3) is 0.107. The first kappa shape index (κ1) is 28.1. The van der Waals surface area contributed by atoms with Crippen molar-refractivity contribution in [2.75, 3.05) is 12.5 Å². The zero-order chi connectivity index (χ0) is 29.6. The van der Waals surface area contributed by atoms with Crippen LogP contribution in [0.5, 0.6) is 5.75 Å². The number of nitrogens with one attached hydrogen (secondary N) is 1. The van der Waals surface area contributed by atoms with Crippen LogP contribution in [0.4, 0.5) is 10.8 Å². The molecule has 0 spiro atoms. The molecule has 0 amide bonds. The predicted molar refractivity (Wildman–Crippen MR) is 156 cm³/mol. The van der Waals surface area contributed by atoms with E-state index < -0.39 is 10.9 Å². The van der Waals surface area contributed by atoms with Crippen LogP contribution in [0.2, 0.25) is 0 Å². The number of carboxylic acid groups (broad SMARTS) is 1. The summed E-state index contributed by atoms with van der Waals surface area (Å²) in [6, 6.07) is 20.7. The number of hydrazone groups is 1. The SMILES string of the molecule is COc1ccc(-c2nc(N/N=C(/Cc3ccccc3[N+](=O)[O-])C(=O)O)sc2-c2cccc(-n3cc(CO)nn3)c2)cc1. The molecule has 0 fully saturated rings. The van der Waals surface area contributed by atoms with Crippen LogP contribution in [0.25, 0.3) is 27.4 Å². The number of aliphatic hydroxyl groups excluding tert-OH is 1. The lowest BCUT2D eigenvalue weighted by Crippen LogP contribution is -2.18. The lowest BCUT2D eigenvalue weighted by Gasteiger charge is -2.06. The summed E-state index contributed by atoms with van der Waals surface area (Å²) in [6.07, 6.45) is 1.36. The number of carbonyl (C=O) groups is 1. The van der Waals surface area contributed by atoms with Crippen molar-refractivity contribution in [1.29, 1.82) is 0 Å². The maximum atomic E-state index is 12.0. The fourth-order valence-electron chi connectivity index (χ4n) is 4.09. The van der Waals surface area contributed by atoms with E-state index in [1.165, 1.54) is 29.5 Å². The number of nitrogens with zero attached hydrogens (tertiary/aromatic N) is 6. The number of aliphatic hydroxyl groups is 1. The van der Waals surface area contributed by atoms with Crippen LogP contribution in [-0.2, 0) is 17.8 Å². The van der Waals surface area contributed by atoms with Crippen LogP contribution in [0.15, 0.2) is 84.1 Å². The van der Waals surface area contributed by atoms with Crippen LogP contribution in [0, 0.1) is 10.1 Å². The Labute approximate surface area is 242 Å². The van der Waals surface area contributed by atoms with E-state index in [1.807, 2.05) is 36.4 Å². The van der Waals surface area contributed by atoms with Crippen LogP contribution < -0.4 is 10.2 Å². The summed E-state index contributed by atoms with van der Waals surface area (Å²) in [7, 11) is 1.57. The van der Waals surface area contributed by atoms with Gasteiger partial charge < -0.3 is 14.9 Å². The number of hydrogen-bond donors (Lipinski definition) is 3. The van der Waals surface area contributed by atoms with E-state index >= 15 is 0 Å². The molecule has 0 aliphatic rings. The summed E-state index contributed by atoms with van der Waals surface area (Å²) in [5.41, 5.74) is 5.78. The third-order valence-electron chi connectivity index (χ3n) is 6.15. The predicted octanol–water partition coefficient (Wildman–Crippen LogP) is 4.56. The normalized spacial score (nSPS) is 11.3. The van der Waals surface area contributed by atoms with Gasteiger partial charge in [0.05, 0.1) is 41.1 Å². The number of ether oxygens (including phenoxy) is 1. The van der Waals surface area contributed by atoms with Crippen molar-refractivity contribution in [3.05, 3.63) is 100 Å². The quantitative estimate of drug-likeness (QED) is 0.113. The Morgan fingerprint density at radius 3 is 2.60 bits per heavy atom. The Hall–Kier alpha value is -5.47. The molecule has 5 aromatic rings. The van der Waals surface area contributed by atoms with Gasteiger partial charge in [0.25, 0.3) is 5.69 Å². The second kappa shape index (κ2) is 12.4. The molecule has 3 aromatic carbocycles. The minimum absolute atomic E-state index is 0.192. The van der Waals surface area contributed by atoms with Crippen LogP contribution in [0.1, 0.15) is 11.3 Å². The first-order chi connectivity index (χ1) is 20.4. The Morgan fingerprint density at radius 2 is 1.90 bits per heavy atom. The Balaban J connectivity index is 1.52. The number of rotatable bonds is 11. The van der Waals surface area contributed by atoms with Crippen molar-refractivity contribution in [2.45, 2.75) is 13.0 Å². The maximum Gasteiger partial charge on any atom is 0.352 e. The molecule has 0 saturated carbocycles. The molecule has 2 heterocycles. The number of thiazole rings is 1. The number of para-hydroxylation sites is 1. The number of methoxy groups -OCH3 is 1. The molecule has 212 valence electrons. The van der Waals surface area contributed by atoms with Crippen molar-refractivity contribution in [3.63, 3.8) is 0 Å². The van der Waals surface area contributed by atoms with Crippen LogP contribution in [0.3, 0.4) is 0 Å². The minimum Gasteiger partial charge on any atom is -0.497 e. The van der Waals surface area contributed by atoms with Crippen molar-refractivity contribution in [1.82, 2.24) is 20.0 Å². The molecule has 2 aromatic heterocycles. The number of carboxylic acids is 1. The fourth-order valence-corrected chi connectivity index (χ4v) is 5.02. The highest BCUT2D eigenvalue weighted by Gasteiger charge is 2.20. The van der Waals surface area contributed by atoms with Crippen molar-refractivity contribution < 1.29 is 24.7 Å². The van der Waals surface area contributed by atoms with Gasteiger partial charge in [-0.2, -0.15) is 5.10 Å². The maximum absolute atomic E-state index is 12.0. The van der Waals surface area contributed by atoms with Gasteiger partial charge in [0.1, 0.15) is 17.2 Å². The summed E-state index contributed by atoms with van der Waals surface area (Å²) in [6.45, 7) is -0.234. The van der Waals surface area contributed by atoms with Gasteiger partial charge in [-0.1, -0.05) is 46.9 Å². The van der Waals surface area contributed by atoms with Gasteiger partial charge in [-0.15, -0.1) is 5.10 Å². The van der Waals surface area contributed by atoms with Gasteiger partial charge in [0.15, 0.2) is 0 Å². The number of anilines is 1. The van der Waals surface area contributed by atoms with E-state index in [0.717, 1.165) is 16.0 Å². The number of benzene rings is 3. The molecule has 42 heavy (non-hydrogen) atoms. The molecule has 0 aliphatic carbocycles. The standard InChI is InChI=1S/C28H23N7O6S/c1-41-22-11-9-17(10-12-22)25-26(19-6-4-7-21(13-19)34-15-20(16-36)30-33-34)42-28(29-25)32-31-23(27(37)38)14-18-5-2-3-8-24(18)35(39)40/h2-13,15,36H,14,16H2,1H3,(H,29,32)(H,37,38)/b31-23-. The second-order valence-electron chi connectivity index (χ2n) is 8.83. The number of nitro groups is 1. The average molecular weight is 586 g/mol. The summed E-state index contributed by atoms with van der Waals surface area (Å²) >= 11 is 1.25. The van der Waals surface area contributed by atoms with E-state index in [1.54, 1.807) is 36.2 Å². The first-order valence-corrected chi connectivity index (χ1v) is 13.2. The molecule has 0 aliphatic heterocycles. The molecule has 0 atom stereocenters. The van der Waals surface area contributed by atoms with Crippen LogP contribution >= 0.6 is 11.3 Å². The van der Waals surface area contributed by atoms with E-state index in [4.69, 9.17) is 9.72 Å². The van der Waals surface area contributed by atoms with Gasteiger partial charge >= 0.3 is 5.97 Å². The third kappa shape index (κ3) is 6.14. The van der Waals surface area contributed by atoms with Crippen molar-refractivity contribution in [2.24, 2.45) is 5.10 Å². The first-order valence-electron chi connectivity index (χ1n) is 12.4. The lowest BCUT2D eigenvalue weighted by molar-refractivity contribution is -0.385. The van der Waals surface area contributed by atoms with Crippen molar-refractivity contribution in [3.8, 4) is 33.1 Å². The molecular formula is C28H23N7O6S. The zero-order valence-electron chi connectivity index (χ0n) is 22.0. The second-order valence-corrected chi connectivity index (χ2v) is 9.83. The molecule has 3 N–H and O–H groups in total. The van der Waals surface area contributed by atoms with Gasteiger partial charge in [-0.25, -0.2) is 14.5 Å². The molecule has 0 radical (unpaired) electrons. The highest BCUT2D eigenvalue weighted by atomic mass is 32.1. The molecule has 0 bridgehead atoms. The molecule has 14 heteroatoms. The Bertz CT molecular complexity index is 1780. The van der Waals surface area contributed by atoms with E-state index in [-0.39, 0.29) is 30.0 Å². The number of hydrogen-bond acceptors (Lipinski definition) is 11. The molecule has 0 unspecified atom stereocenters.